The van der Waals surface area contributed by atoms with E-state index in [4.69, 9.17) is 0 Å². The fourth-order valence-corrected chi connectivity index (χ4v) is 2.76. The lowest BCUT2D eigenvalue weighted by atomic mass is 10.1. The van der Waals surface area contributed by atoms with Crippen LogP contribution in [0.3, 0.4) is 0 Å². The van der Waals surface area contributed by atoms with Crippen LogP contribution < -0.4 is 5.32 Å². The topological polar surface area (TPSA) is 42.7 Å². The Hall–Kier alpha value is -2.14. The highest BCUT2D eigenvalue weighted by Gasteiger charge is 2.07. The van der Waals surface area contributed by atoms with Crippen molar-refractivity contribution in [3.05, 3.63) is 65.1 Å². The number of imidazole rings is 1. The first-order chi connectivity index (χ1) is 9.81. The molecule has 2 heterocycles. The normalized spacial score (nSPS) is 12.2. The second-order valence-corrected chi connectivity index (χ2v) is 5.43. The number of thiazole rings is 1. The molecule has 3 aromatic rings. The first kappa shape index (κ1) is 12.9. The van der Waals surface area contributed by atoms with Crippen LogP contribution in [0, 0.1) is 0 Å². The third-order valence-electron chi connectivity index (χ3n) is 3.13. The number of hydrogen-bond donors (Lipinski definition) is 1. The molecule has 3 rings (SSSR count). The van der Waals surface area contributed by atoms with Gasteiger partial charge in [0.1, 0.15) is 0 Å². The van der Waals surface area contributed by atoms with Crippen LogP contribution in [-0.2, 0) is 6.54 Å². The van der Waals surface area contributed by atoms with Gasteiger partial charge in [-0.3, -0.25) is 0 Å². The summed E-state index contributed by atoms with van der Waals surface area (Å²) < 4.78 is 2.06. The Bertz CT molecular complexity index is 646. The maximum absolute atomic E-state index is 4.34. The van der Waals surface area contributed by atoms with E-state index in [2.05, 4.69) is 56.4 Å². The van der Waals surface area contributed by atoms with Crippen LogP contribution in [0.5, 0.6) is 0 Å². The van der Waals surface area contributed by atoms with Gasteiger partial charge in [-0.15, -0.1) is 11.3 Å². The van der Waals surface area contributed by atoms with Crippen LogP contribution in [0.1, 0.15) is 24.2 Å². The monoisotopic (exact) mass is 284 g/mol. The molecule has 0 amide bonds. The largest absolute Gasteiger partial charge is 0.377 e. The molecule has 0 spiro atoms. The minimum Gasteiger partial charge on any atom is -0.377 e. The van der Waals surface area contributed by atoms with Crippen molar-refractivity contribution in [2.45, 2.75) is 19.5 Å². The Morgan fingerprint density at radius 2 is 2.35 bits per heavy atom. The summed E-state index contributed by atoms with van der Waals surface area (Å²) in [4.78, 5) is 8.40. The van der Waals surface area contributed by atoms with Crippen molar-refractivity contribution in [1.29, 1.82) is 0 Å². The van der Waals surface area contributed by atoms with Crippen molar-refractivity contribution in [3.63, 3.8) is 0 Å². The van der Waals surface area contributed by atoms with Crippen molar-refractivity contribution in [1.82, 2.24) is 14.5 Å². The van der Waals surface area contributed by atoms with E-state index in [-0.39, 0.29) is 6.04 Å². The van der Waals surface area contributed by atoms with Crippen molar-refractivity contribution in [2.24, 2.45) is 0 Å². The highest BCUT2D eigenvalue weighted by Crippen LogP contribution is 2.20. The van der Waals surface area contributed by atoms with Gasteiger partial charge in [0.15, 0.2) is 0 Å². The van der Waals surface area contributed by atoms with Gasteiger partial charge in [-0.1, -0.05) is 12.1 Å². The summed E-state index contributed by atoms with van der Waals surface area (Å²) in [6.45, 7) is 2.96. The molecule has 2 aromatic heterocycles. The first-order valence-corrected chi connectivity index (χ1v) is 7.45. The van der Waals surface area contributed by atoms with Crippen LogP contribution in [0.4, 0.5) is 5.69 Å². The van der Waals surface area contributed by atoms with Gasteiger partial charge in [0.25, 0.3) is 0 Å². The number of aromatic nitrogens is 3. The average molecular weight is 284 g/mol. The summed E-state index contributed by atoms with van der Waals surface area (Å²) in [7, 11) is 0. The lowest BCUT2D eigenvalue weighted by molar-refractivity contribution is 0.796. The second-order valence-electron chi connectivity index (χ2n) is 4.71. The van der Waals surface area contributed by atoms with Crippen molar-refractivity contribution in [3.8, 4) is 0 Å². The highest BCUT2D eigenvalue weighted by molar-refractivity contribution is 7.07. The third kappa shape index (κ3) is 3.05. The number of benzene rings is 1. The van der Waals surface area contributed by atoms with Gasteiger partial charge in [0.05, 0.1) is 23.6 Å². The van der Waals surface area contributed by atoms with E-state index in [1.165, 1.54) is 5.56 Å². The standard InChI is InChI=1S/C15H16N4S/c1-12(15-9-20-11-17-15)18-14-4-2-3-13(7-14)8-19-6-5-16-10-19/h2-7,9-12,18H,8H2,1H3. The Kier molecular flexibility index (Phi) is 3.78. The van der Waals surface area contributed by atoms with E-state index in [1.54, 1.807) is 17.5 Å². The maximum atomic E-state index is 4.34. The van der Waals surface area contributed by atoms with Gasteiger partial charge >= 0.3 is 0 Å². The molecular weight excluding hydrogens is 268 g/mol. The van der Waals surface area contributed by atoms with Gasteiger partial charge in [-0.05, 0) is 24.6 Å². The third-order valence-corrected chi connectivity index (χ3v) is 3.73. The second kappa shape index (κ2) is 5.88. The minimum atomic E-state index is 0.213. The van der Waals surface area contributed by atoms with Gasteiger partial charge in [0.2, 0.25) is 0 Å². The smallest absolute Gasteiger partial charge is 0.0949 e. The predicted octanol–water partition coefficient (Wildman–Crippen LogP) is 3.56. The van der Waals surface area contributed by atoms with Crippen molar-refractivity contribution in [2.75, 3.05) is 5.32 Å². The van der Waals surface area contributed by atoms with Gasteiger partial charge in [-0.25, -0.2) is 9.97 Å². The Morgan fingerprint density at radius 1 is 1.40 bits per heavy atom. The van der Waals surface area contributed by atoms with E-state index < -0.39 is 0 Å². The molecule has 0 bridgehead atoms. The zero-order valence-electron chi connectivity index (χ0n) is 11.2. The number of rotatable bonds is 5. The van der Waals surface area contributed by atoms with E-state index in [1.807, 2.05) is 18.0 Å². The molecule has 0 aliphatic carbocycles. The lowest BCUT2D eigenvalue weighted by Crippen LogP contribution is -2.07. The summed E-state index contributed by atoms with van der Waals surface area (Å²) in [5.74, 6) is 0. The van der Waals surface area contributed by atoms with E-state index >= 15 is 0 Å². The zero-order chi connectivity index (χ0) is 13.8. The molecule has 20 heavy (non-hydrogen) atoms. The molecule has 0 radical (unpaired) electrons. The van der Waals surface area contributed by atoms with Gasteiger partial charge in [0, 0.05) is 30.0 Å². The number of nitrogens with zero attached hydrogens (tertiary/aromatic N) is 3. The molecule has 4 nitrogen and oxygen atoms in total. The van der Waals surface area contributed by atoms with Crippen LogP contribution >= 0.6 is 11.3 Å². The average Bonchev–Trinajstić information content (AvgIpc) is 3.12. The van der Waals surface area contributed by atoms with E-state index in [9.17, 15) is 0 Å². The van der Waals surface area contributed by atoms with E-state index in [0.29, 0.717) is 0 Å². The molecule has 0 aliphatic heterocycles. The molecule has 0 saturated carbocycles. The number of anilines is 1. The van der Waals surface area contributed by atoms with Gasteiger partial charge < -0.3 is 9.88 Å². The molecule has 5 heteroatoms. The summed E-state index contributed by atoms with van der Waals surface area (Å²) >= 11 is 1.62. The first-order valence-electron chi connectivity index (χ1n) is 6.50. The maximum Gasteiger partial charge on any atom is 0.0949 e. The molecule has 1 atom stereocenters. The minimum absolute atomic E-state index is 0.213. The molecule has 0 aliphatic rings. The Labute approximate surface area is 122 Å². The SMILES string of the molecule is CC(Nc1cccc(Cn2ccnc2)c1)c1cscn1. The highest BCUT2D eigenvalue weighted by atomic mass is 32.1. The molecule has 1 unspecified atom stereocenters. The Balaban J connectivity index is 1.71. The van der Waals surface area contributed by atoms with Crippen molar-refractivity contribution < 1.29 is 0 Å². The van der Waals surface area contributed by atoms with Crippen LogP contribution in [0.2, 0.25) is 0 Å². The van der Waals surface area contributed by atoms with Crippen LogP contribution in [0.15, 0.2) is 53.9 Å². The predicted molar refractivity (Wildman–Crippen MR) is 81.9 cm³/mol. The zero-order valence-corrected chi connectivity index (χ0v) is 12.0. The summed E-state index contributed by atoms with van der Waals surface area (Å²) in [6.07, 6.45) is 5.60. The molecule has 0 fully saturated rings. The molecule has 0 saturated heterocycles. The number of nitrogens with one attached hydrogen (secondary N) is 1. The molecule has 1 N–H and O–H groups in total. The fourth-order valence-electron chi connectivity index (χ4n) is 2.11. The molecule has 102 valence electrons. The van der Waals surface area contributed by atoms with E-state index in [0.717, 1.165) is 17.9 Å². The fraction of sp³-hybridized carbons (Fsp3) is 0.200. The number of hydrogen-bond acceptors (Lipinski definition) is 4. The molecular formula is C15H16N4S. The van der Waals surface area contributed by atoms with Crippen LogP contribution in [-0.4, -0.2) is 14.5 Å². The van der Waals surface area contributed by atoms with Gasteiger partial charge in [-0.2, -0.15) is 0 Å². The summed E-state index contributed by atoms with van der Waals surface area (Å²) in [5, 5.41) is 5.56. The lowest BCUT2D eigenvalue weighted by Gasteiger charge is -2.14. The summed E-state index contributed by atoms with van der Waals surface area (Å²) in [5.41, 5.74) is 5.31. The summed E-state index contributed by atoms with van der Waals surface area (Å²) in [6, 6.07) is 8.66. The Morgan fingerprint density at radius 3 is 3.10 bits per heavy atom. The van der Waals surface area contributed by atoms with Crippen LogP contribution in [0.25, 0.3) is 0 Å². The quantitative estimate of drug-likeness (QED) is 0.779. The van der Waals surface area contributed by atoms with Crippen molar-refractivity contribution >= 4 is 17.0 Å². The molecule has 1 aromatic carbocycles.